The lowest BCUT2D eigenvalue weighted by Gasteiger charge is -2.73. The van der Waals surface area contributed by atoms with E-state index in [9.17, 15) is 27.5 Å². The van der Waals surface area contributed by atoms with Crippen LogP contribution in [-0.4, -0.2) is 107 Å². The van der Waals surface area contributed by atoms with E-state index >= 15 is 0 Å². The quantitative estimate of drug-likeness (QED) is 0.455. The number of thiazole rings is 1. The largest absolute Gasteiger partial charge is 0.478 e. The van der Waals surface area contributed by atoms with Gasteiger partial charge in [0.25, 0.3) is 0 Å². The highest BCUT2D eigenvalue weighted by Crippen LogP contribution is 2.70. The van der Waals surface area contributed by atoms with Crippen LogP contribution in [0.4, 0.5) is 9.18 Å². The molecule has 14 heteroatoms. The van der Waals surface area contributed by atoms with Crippen LogP contribution in [0.5, 0.6) is 0 Å². The van der Waals surface area contributed by atoms with Crippen LogP contribution < -0.4 is 5.32 Å². The van der Waals surface area contributed by atoms with Crippen molar-refractivity contribution in [2.45, 2.75) is 43.8 Å². The standard InChI is InChI=1S/C29H33FN6O5S2/c1-17-19(4-3-5-20(17)30)23-22(26(37)38)21(32-24(33-23)25-31-6-9-42-25)12-34-7-8-35-18(10-34)11-36(27(35)39)29-13-28(14-29,15-29)16-43(2,40)41/h3-6,9,18,23H,7-8,10-16H2,1-2H3,(H,32,33)(H,37,38). The third-order valence-electron chi connectivity index (χ3n) is 9.67. The lowest BCUT2D eigenvalue weighted by Crippen LogP contribution is -2.76. The van der Waals surface area contributed by atoms with Crippen molar-refractivity contribution in [1.29, 1.82) is 0 Å². The normalized spacial score (nSPS) is 30.4. The molecule has 8 rings (SSSR count). The molecular formula is C29H33FN6O5S2. The fourth-order valence-electron chi connectivity index (χ4n) is 8.04. The summed E-state index contributed by atoms with van der Waals surface area (Å²) >= 11 is 1.38. The van der Waals surface area contributed by atoms with Crippen LogP contribution in [0.25, 0.3) is 0 Å². The molecular weight excluding hydrogens is 595 g/mol. The van der Waals surface area contributed by atoms with Crippen molar-refractivity contribution < 1.29 is 27.5 Å². The molecule has 11 nitrogen and oxygen atoms in total. The number of aliphatic imine (C=N–C) groups is 1. The number of sulfone groups is 1. The molecule has 43 heavy (non-hydrogen) atoms. The van der Waals surface area contributed by atoms with E-state index in [1.807, 2.05) is 15.2 Å². The molecule has 6 aliphatic rings. The Labute approximate surface area is 253 Å². The second-order valence-corrected chi connectivity index (χ2v) is 15.8. The first-order chi connectivity index (χ1) is 20.4. The Kier molecular flexibility index (Phi) is 6.49. The minimum absolute atomic E-state index is 0.0124. The summed E-state index contributed by atoms with van der Waals surface area (Å²) in [4.78, 5) is 41.3. The highest BCUT2D eigenvalue weighted by atomic mass is 32.2. The van der Waals surface area contributed by atoms with Crippen molar-refractivity contribution in [1.82, 2.24) is 25.0 Å². The summed E-state index contributed by atoms with van der Waals surface area (Å²) in [6.45, 7) is 4.13. The fraction of sp³-hybridized carbons (Fsp3) is 0.517. The van der Waals surface area contributed by atoms with Crippen molar-refractivity contribution in [3.05, 3.63) is 63.0 Å². The number of halogens is 1. The van der Waals surface area contributed by atoms with Gasteiger partial charge in [0.2, 0.25) is 0 Å². The van der Waals surface area contributed by atoms with Crippen LogP contribution in [-0.2, 0) is 14.6 Å². The number of fused-ring (bicyclic) bond motifs is 1. The molecule has 228 valence electrons. The minimum Gasteiger partial charge on any atom is -0.478 e. The SMILES string of the molecule is Cc1c(F)cccc1C1N=C(c2nccs2)NC(CN2CCN3C(=O)N(C45CC(CS(C)(=O)=O)(C4)C5)CC3C2)=C1C(=O)O. The van der Waals surface area contributed by atoms with Crippen LogP contribution in [0.15, 0.2) is 46.0 Å². The van der Waals surface area contributed by atoms with Gasteiger partial charge in [0.05, 0.1) is 17.4 Å². The summed E-state index contributed by atoms with van der Waals surface area (Å²) in [5.74, 6) is -0.936. The van der Waals surface area contributed by atoms with Gasteiger partial charge < -0.3 is 20.2 Å². The summed E-state index contributed by atoms with van der Waals surface area (Å²) in [6, 6.07) is 3.66. The minimum atomic E-state index is -3.07. The van der Waals surface area contributed by atoms with Crippen LogP contribution >= 0.6 is 11.3 Å². The van der Waals surface area contributed by atoms with E-state index in [4.69, 9.17) is 4.99 Å². The Morgan fingerprint density at radius 2 is 2.00 bits per heavy atom. The molecule has 0 radical (unpaired) electrons. The number of hydrogen-bond acceptors (Lipinski definition) is 9. The van der Waals surface area contributed by atoms with Gasteiger partial charge in [-0.1, -0.05) is 12.1 Å². The lowest BCUT2D eigenvalue weighted by molar-refractivity contribution is -0.185. The summed E-state index contributed by atoms with van der Waals surface area (Å²) in [5, 5.41) is 16.1. The van der Waals surface area contributed by atoms with Gasteiger partial charge in [-0.2, -0.15) is 0 Å². The number of benzene rings is 1. The lowest BCUT2D eigenvalue weighted by atomic mass is 9.39. The van der Waals surface area contributed by atoms with Gasteiger partial charge >= 0.3 is 12.0 Å². The number of carboxylic acid groups (broad SMARTS) is 1. The second-order valence-electron chi connectivity index (χ2n) is 12.8. The van der Waals surface area contributed by atoms with Gasteiger partial charge in [-0.3, -0.25) is 9.89 Å². The van der Waals surface area contributed by atoms with Crippen LogP contribution in [0.2, 0.25) is 0 Å². The number of carboxylic acids is 1. The predicted octanol–water partition coefficient (Wildman–Crippen LogP) is 2.41. The number of hydrogen-bond donors (Lipinski definition) is 2. The van der Waals surface area contributed by atoms with Crippen LogP contribution in [0, 0.1) is 18.2 Å². The number of urea groups is 1. The summed E-state index contributed by atoms with van der Waals surface area (Å²) in [5.41, 5.74) is 0.953. The van der Waals surface area contributed by atoms with Gasteiger partial charge in [0.15, 0.2) is 10.8 Å². The van der Waals surface area contributed by atoms with E-state index in [-0.39, 0.29) is 40.9 Å². The molecule has 3 aliphatic carbocycles. The molecule has 1 aromatic heterocycles. The Hall–Kier alpha value is -3.36. The molecule has 2 bridgehead atoms. The molecule has 4 heterocycles. The zero-order chi connectivity index (χ0) is 30.3. The monoisotopic (exact) mass is 628 g/mol. The molecule has 2 amide bonds. The molecule has 1 aromatic carbocycles. The molecule has 2 N–H and O–H groups in total. The maximum atomic E-state index is 14.6. The number of aromatic nitrogens is 1. The van der Waals surface area contributed by atoms with E-state index in [1.54, 1.807) is 25.3 Å². The molecule has 5 fully saturated rings. The third-order valence-corrected chi connectivity index (χ3v) is 11.6. The Balaban J connectivity index is 1.12. The van der Waals surface area contributed by atoms with Gasteiger partial charge in [-0.25, -0.2) is 27.4 Å². The van der Waals surface area contributed by atoms with Crippen molar-refractivity contribution in [3.63, 3.8) is 0 Å². The second kappa shape index (κ2) is 9.83. The van der Waals surface area contributed by atoms with E-state index < -0.39 is 27.7 Å². The Morgan fingerprint density at radius 3 is 2.67 bits per heavy atom. The first-order valence-electron chi connectivity index (χ1n) is 14.3. The fourth-order valence-corrected chi connectivity index (χ4v) is 10.0. The molecule has 2 saturated heterocycles. The number of piperazine rings is 1. The van der Waals surface area contributed by atoms with Crippen molar-refractivity contribution in [3.8, 4) is 0 Å². The average Bonchev–Trinajstić information content (AvgIpc) is 3.54. The molecule has 3 saturated carbocycles. The van der Waals surface area contributed by atoms with Gasteiger partial charge in [0.1, 0.15) is 21.7 Å². The number of nitrogens with one attached hydrogen (secondary N) is 1. The molecule has 0 spiro atoms. The first kappa shape index (κ1) is 28.4. The number of aliphatic carboxylic acids is 1. The van der Waals surface area contributed by atoms with Crippen LogP contribution in [0.1, 0.15) is 41.4 Å². The summed E-state index contributed by atoms with van der Waals surface area (Å²) < 4.78 is 38.3. The van der Waals surface area contributed by atoms with E-state index in [1.165, 1.54) is 23.7 Å². The maximum absolute atomic E-state index is 14.6. The number of carbonyl (C=O) groups is 2. The highest BCUT2D eigenvalue weighted by molar-refractivity contribution is 7.90. The topological polar surface area (TPSA) is 136 Å². The van der Waals surface area contributed by atoms with E-state index in [0.717, 1.165) is 19.3 Å². The average molecular weight is 629 g/mol. The molecule has 3 aliphatic heterocycles. The Bertz CT molecular complexity index is 1670. The zero-order valence-corrected chi connectivity index (χ0v) is 25.5. The summed E-state index contributed by atoms with van der Waals surface area (Å²) in [6.07, 6.45) is 5.14. The number of amidine groups is 1. The maximum Gasteiger partial charge on any atom is 0.335 e. The van der Waals surface area contributed by atoms with Gasteiger partial charge in [-0.05, 0) is 48.8 Å². The highest BCUT2D eigenvalue weighted by Gasteiger charge is 2.73. The van der Waals surface area contributed by atoms with Crippen molar-refractivity contribution >= 4 is 39.0 Å². The van der Waals surface area contributed by atoms with E-state index in [2.05, 4.69) is 15.2 Å². The number of amides is 2. The zero-order valence-electron chi connectivity index (χ0n) is 23.9. The molecule has 2 unspecified atom stereocenters. The Morgan fingerprint density at radius 1 is 1.23 bits per heavy atom. The van der Waals surface area contributed by atoms with E-state index in [0.29, 0.717) is 53.8 Å². The van der Waals surface area contributed by atoms with Gasteiger partial charge in [-0.15, -0.1) is 11.3 Å². The van der Waals surface area contributed by atoms with Crippen molar-refractivity contribution in [2.75, 3.05) is 44.7 Å². The number of rotatable bonds is 8. The first-order valence-corrected chi connectivity index (χ1v) is 17.3. The van der Waals surface area contributed by atoms with Crippen LogP contribution in [0.3, 0.4) is 0 Å². The number of nitrogens with zero attached hydrogens (tertiary/aromatic N) is 5. The van der Waals surface area contributed by atoms with Crippen molar-refractivity contribution in [2.24, 2.45) is 10.4 Å². The summed E-state index contributed by atoms with van der Waals surface area (Å²) in [7, 11) is -3.07. The number of carbonyl (C=O) groups excluding carboxylic acids is 1. The van der Waals surface area contributed by atoms with Gasteiger partial charge in [0, 0.05) is 61.8 Å². The molecule has 2 aromatic rings. The molecule has 2 atom stereocenters. The third kappa shape index (κ3) is 4.74. The smallest absolute Gasteiger partial charge is 0.335 e. The predicted molar refractivity (Wildman–Crippen MR) is 158 cm³/mol.